The fraction of sp³-hybridized carbons (Fsp3) is 0.571. The predicted molar refractivity (Wildman–Crippen MR) is 126 cm³/mol. The Balaban J connectivity index is 2.32. The molecule has 1 nitrogen and oxygen atoms in total. The van der Waals surface area contributed by atoms with Crippen LogP contribution in [0.3, 0.4) is 0 Å². The molecule has 2 unspecified atom stereocenters. The van der Waals surface area contributed by atoms with E-state index in [0.29, 0.717) is 0 Å². The van der Waals surface area contributed by atoms with Crippen molar-refractivity contribution in [2.45, 2.75) is 104 Å². The van der Waals surface area contributed by atoms with Crippen molar-refractivity contribution in [1.29, 1.82) is 0 Å². The van der Waals surface area contributed by atoms with Gasteiger partial charge in [-0.3, -0.25) is 0 Å². The second-order valence-corrected chi connectivity index (χ2v) is 8.88. The van der Waals surface area contributed by atoms with Crippen LogP contribution in [0.25, 0.3) is 0 Å². The van der Waals surface area contributed by atoms with Crippen LogP contribution in [0, 0.1) is 0 Å². The topological polar surface area (TPSA) is 9.23 Å². The molecule has 0 amide bonds. The number of benzene rings is 2. The van der Waals surface area contributed by atoms with Gasteiger partial charge in [-0.05, 0) is 74.6 Å². The van der Waals surface area contributed by atoms with Gasteiger partial charge in [0.15, 0.2) is 0 Å². The van der Waals surface area contributed by atoms with Gasteiger partial charge in [0.1, 0.15) is 0 Å². The summed E-state index contributed by atoms with van der Waals surface area (Å²) in [6.45, 7) is 13.5. The minimum Gasteiger partial charge on any atom is -0.360 e. The van der Waals surface area contributed by atoms with Gasteiger partial charge in [0.25, 0.3) is 0 Å². The Labute approximate surface area is 179 Å². The molecule has 0 radical (unpaired) electrons. The lowest BCUT2D eigenvalue weighted by Gasteiger charge is -2.41. The first kappa shape index (κ1) is 23.7. The highest BCUT2D eigenvalue weighted by atomic mass is 16.5. The van der Waals surface area contributed by atoms with Crippen molar-refractivity contribution in [3.05, 3.63) is 70.8 Å². The van der Waals surface area contributed by atoms with Crippen molar-refractivity contribution in [3.8, 4) is 0 Å². The number of rotatable bonds is 12. The minimum absolute atomic E-state index is 0.299. The van der Waals surface area contributed by atoms with Crippen LogP contribution in [-0.4, -0.2) is 0 Å². The van der Waals surface area contributed by atoms with Crippen LogP contribution in [-0.2, 0) is 28.8 Å². The van der Waals surface area contributed by atoms with Gasteiger partial charge in [0.05, 0.1) is 11.2 Å². The van der Waals surface area contributed by atoms with E-state index < -0.39 is 0 Å². The van der Waals surface area contributed by atoms with Crippen molar-refractivity contribution < 1.29 is 4.74 Å². The third-order valence-electron chi connectivity index (χ3n) is 6.51. The Morgan fingerprint density at radius 1 is 0.655 bits per heavy atom. The van der Waals surface area contributed by atoms with Crippen LogP contribution < -0.4 is 0 Å². The number of unbranched alkanes of at least 4 members (excludes halogenated alkanes) is 2. The smallest absolute Gasteiger partial charge is 0.0912 e. The highest BCUT2D eigenvalue weighted by Crippen LogP contribution is 2.40. The van der Waals surface area contributed by atoms with Gasteiger partial charge in [0.2, 0.25) is 0 Å². The zero-order valence-corrected chi connectivity index (χ0v) is 19.7. The lowest BCUT2D eigenvalue weighted by atomic mass is 9.86. The Hall–Kier alpha value is -1.60. The lowest BCUT2D eigenvalue weighted by molar-refractivity contribution is -0.155. The summed E-state index contributed by atoms with van der Waals surface area (Å²) >= 11 is 0. The fourth-order valence-electron chi connectivity index (χ4n) is 4.04. The molecule has 0 aliphatic rings. The van der Waals surface area contributed by atoms with Gasteiger partial charge >= 0.3 is 0 Å². The summed E-state index contributed by atoms with van der Waals surface area (Å²) < 4.78 is 7.01. The fourth-order valence-corrected chi connectivity index (χ4v) is 4.04. The normalized spacial score (nSPS) is 15.7. The molecule has 1 heteroatoms. The zero-order chi connectivity index (χ0) is 21.3. The Bertz CT molecular complexity index is 686. The van der Waals surface area contributed by atoms with Gasteiger partial charge in [0, 0.05) is 0 Å². The summed E-state index contributed by atoms with van der Waals surface area (Å²) in [5.41, 5.74) is 4.85. The highest BCUT2D eigenvalue weighted by molar-refractivity contribution is 5.31. The van der Waals surface area contributed by atoms with Crippen LogP contribution in [0.5, 0.6) is 0 Å². The molecule has 160 valence electrons. The molecular weight excluding hydrogens is 352 g/mol. The SMILES string of the molecule is CCCCc1cccc(C(C)(CC)OC(C)(CC)c2cccc(CCCC)c2)c1. The van der Waals surface area contributed by atoms with E-state index in [1.807, 2.05) is 0 Å². The van der Waals surface area contributed by atoms with Crippen molar-refractivity contribution >= 4 is 0 Å². The van der Waals surface area contributed by atoms with Crippen molar-refractivity contribution in [3.63, 3.8) is 0 Å². The van der Waals surface area contributed by atoms with E-state index in [1.165, 1.54) is 47.9 Å². The molecule has 0 N–H and O–H groups in total. The van der Waals surface area contributed by atoms with Crippen molar-refractivity contribution in [2.75, 3.05) is 0 Å². The number of hydrogen-bond donors (Lipinski definition) is 0. The first-order chi connectivity index (χ1) is 13.9. The molecule has 0 saturated heterocycles. The van der Waals surface area contributed by atoms with Crippen LogP contribution >= 0.6 is 0 Å². The van der Waals surface area contributed by atoms with Crippen LogP contribution in [0.2, 0.25) is 0 Å². The van der Waals surface area contributed by atoms with E-state index in [1.54, 1.807) is 0 Å². The Morgan fingerprint density at radius 2 is 1.07 bits per heavy atom. The number of ether oxygens (including phenoxy) is 1. The quantitative estimate of drug-likeness (QED) is 0.351. The first-order valence-electron chi connectivity index (χ1n) is 11.8. The summed E-state index contributed by atoms with van der Waals surface area (Å²) in [6.07, 6.45) is 9.14. The third kappa shape index (κ3) is 6.19. The van der Waals surface area contributed by atoms with Crippen LogP contribution in [0.1, 0.15) is 102 Å². The van der Waals surface area contributed by atoms with Gasteiger partial charge in [-0.2, -0.15) is 0 Å². The summed E-state index contributed by atoms with van der Waals surface area (Å²) in [6, 6.07) is 18.1. The molecular formula is C28H42O. The average molecular weight is 395 g/mol. The van der Waals surface area contributed by atoms with Crippen molar-refractivity contribution in [2.24, 2.45) is 0 Å². The lowest BCUT2D eigenvalue weighted by Crippen LogP contribution is -2.37. The van der Waals surface area contributed by atoms with E-state index in [4.69, 9.17) is 4.74 Å². The Morgan fingerprint density at radius 3 is 1.41 bits per heavy atom. The van der Waals surface area contributed by atoms with Gasteiger partial charge < -0.3 is 4.74 Å². The minimum atomic E-state index is -0.299. The molecule has 2 aromatic carbocycles. The van der Waals surface area contributed by atoms with Crippen LogP contribution in [0.4, 0.5) is 0 Å². The summed E-state index contributed by atoms with van der Waals surface area (Å²) in [4.78, 5) is 0. The maximum absolute atomic E-state index is 7.01. The third-order valence-corrected chi connectivity index (χ3v) is 6.51. The molecule has 29 heavy (non-hydrogen) atoms. The van der Waals surface area contributed by atoms with E-state index in [-0.39, 0.29) is 11.2 Å². The molecule has 0 fully saturated rings. The molecule has 0 aliphatic heterocycles. The molecule has 0 aromatic heterocycles. The molecule has 0 aliphatic carbocycles. The predicted octanol–water partition coefficient (Wildman–Crippen LogP) is 8.34. The molecule has 2 rings (SSSR count). The number of hydrogen-bond acceptors (Lipinski definition) is 1. The molecule has 2 atom stereocenters. The summed E-state index contributed by atoms with van der Waals surface area (Å²) in [5.74, 6) is 0. The second-order valence-electron chi connectivity index (χ2n) is 8.88. The summed E-state index contributed by atoms with van der Waals surface area (Å²) in [7, 11) is 0. The van der Waals surface area contributed by atoms with Gasteiger partial charge in [-0.25, -0.2) is 0 Å². The molecule has 0 heterocycles. The molecule has 0 spiro atoms. The Kier molecular flexibility index (Phi) is 8.96. The number of aryl methyl sites for hydroxylation is 2. The van der Waals surface area contributed by atoms with Crippen LogP contribution in [0.15, 0.2) is 48.5 Å². The molecule has 0 bridgehead atoms. The zero-order valence-electron chi connectivity index (χ0n) is 19.7. The second kappa shape index (κ2) is 11.0. The average Bonchev–Trinajstić information content (AvgIpc) is 2.76. The maximum atomic E-state index is 7.01. The maximum Gasteiger partial charge on any atom is 0.0912 e. The molecule has 2 aromatic rings. The van der Waals surface area contributed by atoms with E-state index in [0.717, 1.165) is 25.7 Å². The standard InChI is InChI=1S/C28H42O/c1-7-11-15-23-17-13-19-25(21-23)27(5,9-3)29-28(6,10-4)26-20-14-18-24(22-26)16-12-8-2/h13-14,17-22H,7-12,15-16H2,1-6H3. The van der Waals surface area contributed by atoms with Crippen molar-refractivity contribution in [1.82, 2.24) is 0 Å². The first-order valence-corrected chi connectivity index (χ1v) is 11.8. The van der Waals surface area contributed by atoms with Gasteiger partial charge in [-0.1, -0.05) is 89.1 Å². The summed E-state index contributed by atoms with van der Waals surface area (Å²) in [5, 5.41) is 0. The van der Waals surface area contributed by atoms with E-state index >= 15 is 0 Å². The monoisotopic (exact) mass is 394 g/mol. The van der Waals surface area contributed by atoms with E-state index in [9.17, 15) is 0 Å². The highest BCUT2D eigenvalue weighted by Gasteiger charge is 2.36. The molecule has 0 saturated carbocycles. The largest absolute Gasteiger partial charge is 0.360 e. The van der Waals surface area contributed by atoms with Gasteiger partial charge in [-0.15, -0.1) is 0 Å². The van der Waals surface area contributed by atoms with E-state index in [2.05, 4.69) is 90.1 Å².